The highest BCUT2D eigenvalue weighted by molar-refractivity contribution is 7.15. The average molecular weight is 494 g/mol. The molecule has 4 nitrogen and oxygen atoms in total. The quantitative estimate of drug-likeness (QED) is 0.322. The van der Waals surface area contributed by atoms with Crippen LogP contribution in [0.25, 0.3) is 5.00 Å². The minimum Gasteiger partial charge on any atom is -0.310 e. The summed E-state index contributed by atoms with van der Waals surface area (Å²) >= 11 is 1.76. The summed E-state index contributed by atoms with van der Waals surface area (Å²) in [6, 6.07) is 11.8. The van der Waals surface area contributed by atoms with Crippen LogP contribution in [0.2, 0.25) is 0 Å². The monoisotopic (exact) mass is 493 g/mol. The Balaban J connectivity index is 1.50. The van der Waals surface area contributed by atoms with Crippen molar-refractivity contribution in [2.75, 3.05) is 5.32 Å². The molecule has 0 fully saturated rings. The van der Waals surface area contributed by atoms with Gasteiger partial charge in [0, 0.05) is 22.7 Å². The average Bonchev–Trinajstić information content (AvgIpc) is 3.44. The number of benzene rings is 2. The van der Waals surface area contributed by atoms with Gasteiger partial charge >= 0.3 is 6.03 Å². The molecule has 1 aliphatic heterocycles. The number of anilines is 1. The SMILES string of the molecule is O=C(Nc1cc(F)ccc1F)N1Cc2c(sc3c2CCCC3)-n2cccc2C1c1ccc(F)cc1. The van der Waals surface area contributed by atoms with Crippen molar-refractivity contribution < 1.29 is 18.0 Å². The summed E-state index contributed by atoms with van der Waals surface area (Å²) in [4.78, 5) is 16.7. The Hall–Kier alpha value is -3.52. The third-order valence-corrected chi connectivity index (χ3v) is 8.13. The van der Waals surface area contributed by atoms with Crippen molar-refractivity contribution in [1.29, 1.82) is 0 Å². The number of hydrogen-bond acceptors (Lipinski definition) is 2. The molecule has 0 saturated heterocycles. The molecule has 1 unspecified atom stereocenters. The van der Waals surface area contributed by atoms with Gasteiger partial charge in [-0.05, 0) is 73.2 Å². The van der Waals surface area contributed by atoms with Crippen LogP contribution in [0.5, 0.6) is 0 Å². The Morgan fingerprint density at radius 2 is 1.71 bits per heavy atom. The maximum Gasteiger partial charge on any atom is 0.323 e. The Morgan fingerprint density at radius 1 is 0.943 bits per heavy atom. The van der Waals surface area contributed by atoms with E-state index in [2.05, 4.69) is 9.88 Å². The normalized spacial score (nSPS) is 16.8. The lowest BCUT2D eigenvalue weighted by molar-refractivity contribution is 0.194. The zero-order chi connectivity index (χ0) is 24.1. The van der Waals surface area contributed by atoms with Crippen molar-refractivity contribution >= 4 is 23.1 Å². The van der Waals surface area contributed by atoms with Gasteiger partial charge in [-0.3, -0.25) is 0 Å². The van der Waals surface area contributed by atoms with Gasteiger partial charge in [-0.25, -0.2) is 18.0 Å². The van der Waals surface area contributed by atoms with Crippen molar-refractivity contribution in [3.05, 3.63) is 106 Å². The van der Waals surface area contributed by atoms with Gasteiger partial charge in [-0.2, -0.15) is 0 Å². The number of aromatic nitrogens is 1. The predicted molar refractivity (Wildman–Crippen MR) is 129 cm³/mol. The number of thiophene rings is 1. The number of amides is 2. The molecule has 2 aliphatic rings. The molecule has 0 bridgehead atoms. The first-order valence-electron chi connectivity index (χ1n) is 11.6. The van der Waals surface area contributed by atoms with Crippen LogP contribution in [0.15, 0.2) is 60.8 Å². The number of nitrogens with one attached hydrogen (secondary N) is 1. The van der Waals surface area contributed by atoms with Crippen LogP contribution in [0, 0.1) is 17.5 Å². The molecule has 3 heterocycles. The second-order valence-electron chi connectivity index (χ2n) is 8.93. The first-order valence-corrected chi connectivity index (χ1v) is 12.4. The molecule has 2 amide bonds. The van der Waals surface area contributed by atoms with Gasteiger partial charge < -0.3 is 14.8 Å². The van der Waals surface area contributed by atoms with E-state index in [9.17, 15) is 18.0 Å². The lowest BCUT2D eigenvalue weighted by Crippen LogP contribution is -2.38. The Labute approximate surface area is 204 Å². The smallest absolute Gasteiger partial charge is 0.310 e. The van der Waals surface area contributed by atoms with E-state index in [4.69, 9.17) is 0 Å². The van der Waals surface area contributed by atoms with Gasteiger partial charge in [0.25, 0.3) is 0 Å². The largest absolute Gasteiger partial charge is 0.323 e. The molecular weight excluding hydrogens is 471 g/mol. The Morgan fingerprint density at radius 3 is 2.54 bits per heavy atom. The molecule has 0 saturated carbocycles. The maximum atomic E-state index is 14.4. The van der Waals surface area contributed by atoms with Crippen molar-refractivity contribution in [3.8, 4) is 5.00 Å². The van der Waals surface area contributed by atoms with E-state index < -0.39 is 23.7 Å². The van der Waals surface area contributed by atoms with Crippen LogP contribution in [-0.4, -0.2) is 15.5 Å². The summed E-state index contributed by atoms with van der Waals surface area (Å²) in [6.45, 7) is 0.299. The minimum absolute atomic E-state index is 0.222. The van der Waals surface area contributed by atoms with E-state index >= 15 is 0 Å². The number of fused-ring (bicyclic) bond motifs is 5. The molecule has 0 spiro atoms. The molecule has 4 aromatic rings. The highest BCUT2D eigenvalue weighted by atomic mass is 32.1. The number of carbonyl (C=O) groups excluding carboxylic acids is 1. The van der Waals surface area contributed by atoms with Crippen LogP contribution in [0.3, 0.4) is 0 Å². The van der Waals surface area contributed by atoms with E-state index in [1.165, 1.54) is 22.6 Å². The van der Waals surface area contributed by atoms with Gasteiger partial charge in [0.1, 0.15) is 22.5 Å². The van der Waals surface area contributed by atoms with Gasteiger partial charge in [-0.15, -0.1) is 11.3 Å². The third kappa shape index (κ3) is 3.82. The number of aryl methyl sites for hydroxylation is 1. The van der Waals surface area contributed by atoms with Crippen LogP contribution >= 0.6 is 11.3 Å². The van der Waals surface area contributed by atoms with Crippen molar-refractivity contribution in [3.63, 3.8) is 0 Å². The van der Waals surface area contributed by atoms with E-state index in [1.807, 2.05) is 18.3 Å². The van der Waals surface area contributed by atoms with Gasteiger partial charge in [0.05, 0.1) is 24.0 Å². The van der Waals surface area contributed by atoms with E-state index in [0.717, 1.165) is 65.7 Å². The third-order valence-electron chi connectivity index (χ3n) is 6.80. The lowest BCUT2D eigenvalue weighted by atomic mass is 9.95. The summed E-state index contributed by atoms with van der Waals surface area (Å²) in [7, 11) is 0. The number of carbonyl (C=O) groups is 1. The standard InChI is InChI=1S/C27H22F3N3OS/c28-17-9-7-16(8-10-17)25-23-5-3-13-32(23)26-20(19-4-1-2-6-24(19)35-26)15-33(25)27(34)31-22-14-18(29)11-12-21(22)30/h3,5,7-14,25H,1-2,4,6,15H2,(H,31,34). The lowest BCUT2D eigenvalue weighted by Gasteiger charge is -2.31. The van der Waals surface area contributed by atoms with Crippen LogP contribution < -0.4 is 5.32 Å². The molecule has 2 aromatic carbocycles. The molecule has 178 valence electrons. The molecule has 1 aliphatic carbocycles. The zero-order valence-corrected chi connectivity index (χ0v) is 19.5. The van der Waals surface area contributed by atoms with Crippen LogP contribution in [-0.2, 0) is 19.4 Å². The number of urea groups is 1. The van der Waals surface area contributed by atoms with Gasteiger partial charge in [-0.1, -0.05) is 12.1 Å². The van der Waals surface area contributed by atoms with Crippen molar-refractivity contribution in [2.24, 2.45) is 0 Å². The second kappa shape index (κ2) is 8.61. The van der Waals surface area contributed by atoms with E-state index in [1.54, 1.807) is 28.4 Å². The molecule has 0 radical (unpaired) electrons. The van der Waals surface area contributed by atoms with Gasteiger partial charge in [0.2, 0.25) is 0 Å². The van der Waals surface area contributed by atoms with Crippen LogP contribution in [0.1, 0.15) is 46.1 Å². The highest BCUT2D eigenvalue weighted by Gasteiger charge is 2.36. The summed E-state index contributed by atoms with van der Waals surface area (Å²) in [5.74, 6) is -1.73. The summed E-state index contributed by atoms with van der Waals surface area (Å²) in [5, 5.41) is 3.66. The molecule has 1 N–H and O–H groups in total. The molecule has 6 rings (SSSR count). The highest BCUT2D eigenvalue weighted by Crippen LogP contribution is 2.44. The fourth-order valence-corrected chi connectivity index (χ4v) is 6.57. The van der Waals surface area contributed by atoms with E-state index in [0.29, 0.717) is 6.54 Å². The Kier molecular flexibility index (Phi) is 5.40. The first-order chi connectivity index (χ1) is 17.0. The maximum absolute atomic E-state index is 14.4. The predicted octanol–water partition coefficient (Wildman–Crippen LogP) is 6.97. The summed E-state index contributed by atoms with van der Waals surface area (Å²) < 4.78 is 44.1. The second-order valence-corrected chi connectivity index (χ2v) is 10.0. The molecule has 1 atom stereocenters. The molecule has 2 aromatic heterocycles. The van der Waals surface area contributed by atoms with Gasteiger partial charge in [0.15, 0.2) is 0 Å². The number of nitrogens with zero attached hydrogens (tertiary/aromatic N) is 2. The number of rotatable bonds is 2. The fraction of sp³-hybridized carbons (Fsp3) is 0.222. The topological polar surface area (TPSA) is 37.3 Å². The van der Waals surface area contributed by atoms with Crippen molar-refractivity contribution in [1.82, 2.24) is 9.47 Å². The molecule has 35 heavy (non-hydrogen) atoms. The van der Waals surface area contributed by atoms with Crippen LogP contribution in [0.4, 0.5) is 23.7 Å². The van der Waals surface area contributed by atoms with E-state index in [-0.39, 0.29) is 11.5 Å². The minimum atomic E-state index is -0.718. The number of halogens is 3. The summed E-state index contributed by atoms with van der Waals surface area (Å²) in [6.07, 6.45) is 6.20. The zero-order valence-electron chi connectivity index (χ0n) is 18.7. The fourth-order valence-electron chi connectivity index (χ4n) is 5.16. The first kappa shape index (κ1) is 22.0. The molecule has 8 heteroatoms. The van der Waals surface area contributed by atoms with Crippen molar-refractivity contribution in [2.45, 2.75) is 38.3 Å². The summed E-state index contributed by atoms with van der Waals surface area (Å²) in [5.41, 5.74) is 3.72. The Bertz CT molecular complexity index is 1430. The molecular formula is C27H22F3N3OS. The number of hydrogen-bond donors (Lipinski definition) is 1.